The third-order valence-electron chi connectivity index (χ3n) is 4.49. The Hall–Kier alpha value is -3.23. The Balaban J connectivity index is 1.38. The first-order chi connectivity index (χ1) is 14.7. The molecular weight excluding hydrogens is 422 g/mol. The Morgan fingerprint density at radius 3 is 2.77 bits per heavy atom. The molecule has 152 valence electrons. The number of anilines is 1. The second kappa shape index (κ2) is 9.06. The molecule has 2 aromatic carbocycles. The molecule has 1 amide bonds. The second-order valence-corrected chi connectivity index (χ2v) is 7.57. The van der Waals surface area contributed by atoms with Gasteiger partial charge in [-0.25, -0.2) is 0 Å². The lowest BCUT2D eigenvalue weighted by atomic mass is 10.1. The molecular formula is C21H18ClN5O2S. The van der Waals surface area contributed by atoms with Crippen molar-refractivity contribution >= 4 is 45.6 Å². The van der Waals surface area contributed by atoms with Gasteiger partial charge in [0.2, 0.25) is 0 Å². The van der Waals surface area contributed by atoms with Gasteiger partial charge in [0.25, 0.3) is 5.91 Å². The third-order valence-corrected chi connectivity index (χ3v) is 5.45. The van der Waals surface area contributed by atoms with Gasteiger partial charge in [-0.1, -0.05) is 16.1 Å². The molecule has 4 aromatic rings. The summed E-state index contributed by atoms with van der Waals surface area (Å²) < 4.78 is 9.11. The molecule has 0 unspecified atom stereocenters. The number of rotatable bonds is 7. The zero-order chi connectivity index (χ0) is 20.9. The van der Waals surface area contributed by atoms with Gasteiger partial charge in [-0.3, -0.25) is 9.78 Å². The van der Waals surface area contributed by atoms with Crippen LogP contribution in [0.3, 0.4) is 0 Å². The van der Waals surface area contributed by atoms with Crippen molar-refractivity contribution in [2.24, 2.45) is 0 Å². The second-order valence-electron chi connectivity index (χ2n) is 6.38. The fourth-order valence-electron chi connectivity index (χ4n) is 3.01. The van der Waals surface area contributed by atoms with Crippen LogP contribution in [0.15, 0.2) is 54.7 Å². The lowest BCUT2D eigenvalue weighted by molar-refractivity contribution is 0.0959. The molecule has 0 bridgehead atoms. The van der Waals surface area contributed by atoms with Crippen LogP contribution in [0.25, 0.3) is 22.2 Å². The van der Waals surface area contributed by atoms with Crippen molar-refractivity contribution in [3.63, 3.8) is 0 Å². The fraction of sp³-hybridized carbons (Fsp3) is 0.143. The Bertz CT molecular complexity index is 1180. The molecule has 4 rings (SSSR count). The van der Waals surface area contributed by atoms with Crippen LogP contribution in [0, 0.1) is 0 Å². The van der Waals surface area contributed by atoms with E-state index in [1.807, 2.05) is 48.5 Å². The summed E-state index contributed by atoms with van der Waals surface area (Å²) in [5.74, 6) is 0.536. The van der Waals surface area contributed by atoms with E-state index in [2.05, 4.69) is 25.2 Å². The van der Waals surface area contributed by atoms with Crippen LogP contribution in [-0.4, -0.2) is 40.7 Å². The first-order valence-electron chi connectivity index (χ1n) is 9.19. The minimum Gasteiger partial charge on any atom is -0.497 e. The van der Waals surface area contributed by atoms with E-state index >= 15 is 0 Å². The molecule has 0 aliphatic rings. The molecule has 0 saturated carbocycles. The molecule has 0 spiro atoms. The van der Waals surface area contributed by atoms with Crippen molar-refractivity contribution < 1.29 is 9.53 Å². The highest BCUT2D eigenvalue weighted by Gasteiger charge is 2.17. The Morgan fingerprint density at radius 1 is 1.13 bits per heavy atom. The summed E-state index contributed by atoms with van der Waals surface area (Å²) in [7, 11) is 1.61. The van der Waals surface area contributed by atoms with Gasteiger partial charge in [0.05, 0.1) is 12.6 Å². The van der Waals surface area contributed by atoms with Gasteiger partial charge in [0.1, 0.15) is 16.3 Å². The minimum absolute atomic E-state index is 0.205. The maximum Gasteiger partial charge on any atom is 0.265 e. The molecule has 0 saturated heterocycles. The van der Waals surface area contributed by atoms with E-state index in [1.54, 1.807) is 13.3 Å². The summed E-state index contributed by atoms with van der Waals surface area (Å²) in [5.41, 5.74) is 3.13. The van der Waals surface area contributed by atoms with Crippen molar-refractivity contribution in [1.82, 2.24) is 19.9 Å². The van der Waals surface area contributed by atoms with Gasteiger partial charge < -0.3 is 15.4 Å². The van der Waals surface area contributed by atoms with E-state index in [-0.39, 0.29) is 5.91 Å². The standard InChI is InChI=1S/C21H18ClN5O2S/c1-29-15-5-2-13(3-6-15)19-20(30-27-26-19)21(28)25-11-10-24-17-8-9-23-18-12-14(22)4-7-16(17)18/h2-9,12H,10-11H2,1H3,(H,23,24)(H,25,28). The molecule has 0 fully saturated rings. The summed E-state index contributed by atoms with van der Waals surface area (Å²) >= 11 is 7.10. The molecule has 7 nitrogen and oxygen atoms in total. The summed E-state index contributed by atoms with van der Waals surface area (Å²) in [5, 5.41) is 12.0. The summed E-state index contributed by atoms with van der Waals surface area (Å²) in [6.07, 6.45) is 1.73. The third kappa shape index (κ3) is 4.34. The van der Waals surface area contributed by atoms with Crippen molar-refractivity contribution in [1.29, 1.82) is 0 Å². The zero-order valence-electron chi connectivity index (χ0n) is 16.1. The van der Waals surface area contributed by atoms with Crippen molar-refractivity contribution in [3.05, 3.63) is 64.6 Å². The summed E-state index contributed by atoms with van der Waals surface area (Å²) in [4.78, 5) is 17.4. The average Bonchev–Trinajstić information content (AvgIpc) is 3.26. The number of carbonyl (C=O) groups is 1. The molecule has 0 aliphatic carbocycles. The van der Waals surface area contributed by atoms with E-state index in [4.69, 9.17) is 16.3 Å². The van der Waals surface area contributed by atoms with Crippen molar-refractivity contribution in [3.8, 4) is 17.0 Å². The Morgan fingerprint density at radius 2 is 1.97 bits per heavy atom. The minimum atomic E-state index is -0.205. The normalized spacial score (nSPS) is 10.7. The number of amides is 1. The van der Waals surface area contributed by atoms with Crippen LogP contribution in [-0.2, 0) is 0 Å². The highest BCUT2D eigenvalue weighted by atomic mass is 35.5. The summed E-state index contributed by atoms with van der Waals surface area (Å²) in [6.45, 7) is 0.994. The molecule has 0 atom stereocenters. The smallest absolute Gasteiger partial charge is 0.265 e. The zero-order valence-corrected chi connectivity index (χ0v) is 17.6. The van der Waals surface area contributed by atoms with Gasteiger partial charge in [-0.2, -0.15) is 0 Å². The molecule has 0 radical (unpaired) electrons. The number of hydrogen-bond donors (Lipinski definition) is 2. The van der Waals surface area contributed by atoms with E-state index in [0.717, 1.165) is 39.4 Å². The highest BCUT2D eigenvalue weighted by Crippen LogP contribution is 2.26. The fourth-order valence-corrected chi connectivity index (χ4v) is 3.78. The van der Waals surface area contributed by atoms with Crippen LogP contribution < -0.4 is 15.4 Å². The quantitative estimate of drug-likeness (QED) is 0.418. The molecule has 0 aliphatic heterocycles. The lowest BCUT2D eigenvalue weighted by Gasteiger charge is -2.10. The predicted octanol–water partition coefficient (Wildman–Crippen LogP) is 4.26. The Labute approximate surface area is 182 Å². The monoisotopic (exact) mass is 439 g/mol. The van der Waals surface area contributed by atoms with Crippen LogP contribution in [0.4, 0.5) is 5.69 Å². The van der Waals surface area contributed by atoms with Gasteiger partial charge in [-0.15, -0.1) is 5.10 Å². The van der Waals surface area contributed by atoms with Crippen molar-refractivity contribution in [2.45, 2.75) is 0 Å². The molecule has 2 N–H and O–H groups in total. The number of nitrogens with zero attached hydrogens (tertiary/aromatic N) is 3. The number of methoxy groups -OCH3 is 1. The number of fused-ring (bicyclic) bond motifs is 1. The SMILES string of the molecule is COc1ccc(-c2nnsc2C(=O)NCCNc2ccnc3cc(Cl)ccc23)cc1. The number of hydrogen-bond acceptors (Lipinski definition) is 7. The largest absolute Gasteiger partial charge is 0.497 e. The highest BCUT2D eigenvalue weighted by molar-refractivity contribution is 7.08. The topological polar surface area (TPSA) is 89.0 Å². The van der Waals surface area contributed by atoms with Gasteiger partial charge in [0, 0.05) is 40.9 Å². The maximum atomic E-state index is 12.6. The first kappa shape index (κ1) is 20.1. The molecule has 30 heavy (non-hydrogen) atoms. The van der Waals surface area contributed by atoms with Crippen LogP contribution in [0.1, 0.15) is 9.67 Å². The van der Waals surface area contributed by atoms with E-state index in [0.29, 0.717) is 28.7 Å². The van der Waals surface area contributed by atoms with Crippen molar-refractivity contribution in [2.75, 3.05) is 25.5 Å². The molecule has 9 heteroatoms. The maximum absolute atomic E-state index is 12.6. The number of ether oxygens (including phenoxy) is 1. The van der Waals surface area contributed by atoms with Gasteiger partial charge in [-0.05, 0) is 60.1 Å². The number of carbonyl (C=O) groups excluding carboxylic acids is 1. The molecule has 2 heterocycles. The molecule has 2 aromatic heterocycles. The number of nitrogens with one attached hydrogen (secondary N) is 2. The van der Waals surface area contributed by atoms with Gasteiger partial charge in [0.15, 0.2) is 0 Å². The first-order valence-corrected chi connectivity index (χ1v) is 10.3. The predicted molar refractivity (Wildman–Crippen MR) is 119 cm³/mol. The number of pyridine rings is 1. The number of aromatic nitrogens is 3. The van der Waals surface area contributed by atoms with E-state index < -0.39 is 0 Å². The van der Waals surface area contributed by atoms with Crippen LogP contribution in [0.2, 0.25) is 5.02 Å². The Kier molecular flexibility index (Phi) is 6.06. The number of halogens is 1. The van der Waals surface area contributed by atoms with Gasteiger partial charge >= 0.3 is 0 Å². The number of benzene rings is 2. The van der Waals surface area contributed by atoms with E-state index in [9.17, 15) is 4.79 Å². The van der Waals surface area contributed by atoms with E-state index in [1.165, 1.54) is 0 Å². The average molecular weight is 440 g/mol. The van der Waals surface area contributed by atoms with Crippen LogP contribution in [0.5, 0.6) is 5.75 Å². The van der Waals surface area contributed by atoms with Crippen LogP contribution >= 0.6 is 23.1 Å². The summed E-state index contributed by atoms with van der Waals surface area (Å²) in [6, 6.07) is 14.8. The lowest BCUT2D eigenvalue weighted by Crippen LogP contribution is -2.28.